The molecule has 0 fully saturated rings. The van der Waals surface area contributed by atoms with Crippen molar-refractivity contribution in [3.05, 3.63) is 0 Å². The van der Waals surface area contributed by atoms with E-state index >= 15 is 0 Å². The summed E-state index contributed by atoms with van der Waals surface area (Å²) in [6.45, 7) is 8.58. The first-order valence-corrected chi connectivity index (χ1v) is 6.14. The van der Waals surface area contributed by atoms with E-state index in [9.17, 15) is 0 Å². The van der Waals surface area contributed by atoms with Crippen LogP contribution in [-0.4, -0.2) is 51.0 Å². The van der Waals surface area contributed by atoms with E-state index in [1.165, 1.54) is 12.8 Å². The molecule has 1 unspecified atom stereocenters. The highest BCUT2D eigenvalue weighted by atomic mass is 16.5. The summed E-state index contributed by atoms with van der Waals surface area (Å²) in [7, 11) is 5.66. The molecule has 0 aliphatic rings. The number of nitrogens with zero attached hydrogens (tertiary/aromatic N) is 1. The van der Waals surface area contributed by atoms with E-state index in [-0.39, 0.29) is 11.6 Å². The number of hydrogen-bond donors (Lipinski definition) is 0. The van der Waals surface area contributed by atoms with E-state index in [2.05, 4.69) is 32.7 Å². The zero-order valence-electron chi connectivity index (χ0n) is 11.9. The lowest BCUT2D eigenvalue weighted by Gasteiger charge is -2.31. The molecule has 0 saturated carbocycles. The van der Waals surface area contributed by atoms with Gasteiger partial charge in [0.25, 0.3) is 0 Å². The highest BCUT2D eigenvalue weighted by molar-refractivity contribution is 4.72. The number of rotatable bonds is 8. The molecule has 16 heavy (non-hydrogen) atoms. The Balaban J connectivity index is 3.59. The number of ether oxygens (including phenoxy) is 2. The Morgan fingerprint density at radius 3 is 2.19 bits per heavy atom. The first-order chi connectivity index (χ1) is 7.41. The molecule has 0 aliphatic heterocycles. The topological polar surface area (TPSA) is 21.7 Å². The van der Waals surface area contributed by atoms with Crippen LogP contribution < -0.4 is 0 Å². The fourth-order valence-electron chi connectivity index (χ4n) is 1.51. The van der Waals surface area contributed by atoms with Gasteiger partial charge in [0.15, 0.2) is 0 Å². The molecule has 0 rings (SSSR count). The zero-order valence-corrected chi connectivity index (χ0v) is 11.9. The Kier molecular flexibility index (Phi) is 7.98. The SMILES string of the molecule is COCC(CCCCN(C)C(C)(C)C)OC. The summed E-state index contributed by atoms with van der Waals surface area (Å²) in [5.41, 5.74) is 0.271. The summed E-state index contributed by atoms with van der Waals surface area (Å²) in [4.78, 5) is 2.39. The van der Waals surface area contributed by atoms with Crippen molar-refractivity contribution in [3.63, 3.8) is 0 Å². The van der Waals surface area contributed by atoms with Crippen molar-refractivity contribution >= 4 is 0 Å². The summed E-state index contributed by atoms with van der Waals surface area (Å²) in [5.74, 6) is 0. The highest BCUT2D eigenvalue weighted by Gasteiger charge is 2.16. The third kappa shape index (κ3) is 7.20. The minimum Gasteiger partial charge on any atom is -0.382 e. The molecule has 3 heteroatoms. The van der Waals surface area contributed by atoms with Crippen molar-refractivity contribution in [2.45, 2.75) is 51.7 Å². The second-order valence-corrected chi connectivity index (χ2v) is 5.40. The lowest BCUT2D eigenvalue weighted by molar-refractivity contribution is 0.0214. The number of unbranched alkanes of at least 4 members (excludes halogenated alkanes) is 1. The average molecular weight is 231 g/mol. The average Bonchev–Trinajstić information content (AvgIpc) is 2.20. The first-order valence-electron chi connectivity index (χ1n) is 6.14. The molecule has 0 amide bonds. The van der Waals surface area contributed by atoms with Gasteiger partial charge in [-0.3, -0.25) is 0 Å². The summed E-state index contributed by atoms with van der Waals surface area (Å²) < 4.78 is 10.4. The second-order valence-electron chi connectivity index (χ2n) is 5.40. The van der Waals surface area contributed by atoms with Gasteiger partial charge in [-0.15, -0.1) is 0 Å². The van der Waals surface area contributed by atoms with Crippen molar-refractivity contribution in [1.82, 2.24) is 4.90 Å². The van der Waals surface area contributed by atoms with Gasteiger partial charge in [-0.05, 0) is 53.6 Å². The van der Waals surface area contributed by atoms with Crippen LogP contribution in [0.15, 0.2) is 0 Å². The number of hydrogen-bond acceptors (Lipinski definition) is 3. The Morgan fingerprint density at radius 1 is 1.12 bits per heavy atom. The van der Waals surface area contributed by atoms with Gasteiger partial charge in [0, 0.05) is 19.8 Å². The lowest BCUT2D eigenvalue weighted by Crippen LogP contribution is -2.38. The van der Waals surface area contributed by atoms with Crippen LogP contribution in [0.2, 0.25) is 0 Å². The summed E-state index contributed by atoms with van der Waals surface area (Å²) in [6, 6.07) is 0. The van der Waals surface area contributed by atoms with Crippen molar-refractivity contribution in [2.24, 2.45) is 0 Å². The van der Waals surface area contributed by atoms with Crippen LogP contribution in [0.4, 0.5) is 0 Å². The van der Waals surface area contributed by atoms with Gasteiger partial charge in [-0.2, -0.15) is 0 Å². The highest BCUT2D eigenvalue weighted by Crippen LogP contribution is 2.12. The molecular formula is C13H29NO2. The van der Waals surface area contributed by atoms with Crippen LogP contribution in [0.3, 0.4) is 0 Å². The Bertz CT molecular complexity index is 166. The normalized spacial score (nSPS) is 14.4. The van der Waals surface area contributed by atoms with E-state index in [4.69, 9.17) is 9.47 Å². The van der Waals surface area contributed by atoms with Crippen LogP contribution in [0, 0.1) is 0 Å². The smallest absolute Gasteiger partial charge is 0.0804 e. The maximum absolute atomic E-state index is 5.33. The van der Waals surface area contributed by atoms with Crippen molar-refractivity contribution in [3.8, 4) is 0 Å². The molecule has 0 aliphatic carbocycles. The maximum Gasteiger partial charge on any atom is 0.0804 e. The molecule has 0 heterocycles. The van der Waals surface area contributed by atoms with Gasteiger partial charge in [0.2, 0.25) is 0 Å². The van der Waals surface area contributed by atoms with Crippen molar-refractivity contribution in [1.29, 1.82) is 0 Å². The Hall–Kier alpha value is -0.120. The largest absolute Gasteiger partial charge is 0.382 e. The van der Waals surface area contributed by atoms with Crippen LogP contribution in [0.5, 0.6) is 0 Å². The molecule has 1 atom stereocenters. The molecule has 3 nitrogen and oxygen atoms in total. The molecule has 0 N–H and O–H groups in total. The molecule has 0 radical (unpaired) electrons. The quantitative estimate of drug-likeness (QED) is 0.599. The molecule has 0 aromatic rings. The van der Waals surface area contributed by atoms with Gasteiger partial charge >= 0.3 is 0 Å². The van der Waals surface area contributed by atoms with Crippen molar-refractivity contribution in [2.75, 3.05) is 34.4 Å². The molecule has 98 valence electrons. The maximum atomic E-state index is 5.33. The van der Waals surface area contributed by atoms with Crippen LogP contribution in [-0.2, 0) is 9.47 Å². The summed E-state index contributed by atoms with van der Waals surface area (Å²) in [6.07, 6.45) is 3.76. The molecule has 0 bridgehead atoms. The molecule has 0 aromatic carbocycles. The summed E-state index contributed by atoms with van der Waals surface area (Å²) >= 11 is 0. The van der Waals surface area contributed by atoms with Gasteiger partial charge in [0.05, 0.1) is 12.7 Å². The second kappa shape index (κ2) is 8.04. The van der Waals surface area contributed by atoms with E-state index in [0.29, 0.717) is 6.61 Å². The molecular weight excluding hydrogens is 202 g/mol. The molecule has 0 aromatic heterocycles. The van der Waals surface area contributed by atoms with E-state index < -0.39 is 0 Å². The van der Waals surface area contributed by atoms with Gasteiger partial charge in [-0.25, -0.2) is 0 Å². The predicted molar refractivity (Wildman–Crippen MR) is 68.9 cm³/mol. The standard InChI is InChI=1S/C13H29NO2/c1-13(2,3)14(4)10-8-7-9-12(16-6)11-15-5/h12H,7-11H2,1-6H3. The van der Waals surface area contributed by atoms with Gasteiger partial charge < -0.3 is 14.4 Å². The fourth-order valence-corrected chi connectivity index (χ4v) is 1.51. The number of methoxy groups -OCH3 is 2. The summed E-state index contributed by atoms with van der Waals surface area (Å²) in [5, 5.41) is 0. The Morgan fingerprint density at radius 2 is 1.75 bits per heavy atom. The third-order valence-electron chi connectivity index (χ3n) is 3.10. The third-order valence-corrected chi connectivity index (χ3v) is 3.10. The zero-order chi connectivity index (χ0) is 12.6. The monoisotopic (exact) mass is 231 g/mol. The van der Waals surface area contributed by atoms with Gasteiger partial charge in [0.1, 0.15) is 0 Å². The van der Waals surface area contributed by atoms with Crippen molar-refractivity contribution < 1.29 is 9.47 Å². The fraction of sp³-hybridized carbons (Fsp3) is 1.00. The van der Waals surface area contributed by atoms with Crippen LogP contribution >= 0.6 is 0 Å². The minimum absolute atomic E-state index is 0.255. The molecule has 0 saturated heterocycles. The van der Waals surface area contributed by atoms with E-state index in [0.717, 1.165) is 13.0 Å². The van der Waals surface area contributed by atoms with Crippen LogP contribution in [0.25, 0.3) is 0 Å². The van der Waals surface area contributed by atoms with E-state index in [1.807, 2.05) is 0 Å². The lowest BCUT2D eigenvalue weighted by atomic mass is 10.1. The van der Waals surface area contributed by atoms with Gasteiger partial charge in [-0.1, -0.05) is 0 Å². The minimum atomic E-state index is 0.255. The Labute approximate surface area is 101 Å². The van der Waals surface area contributed by atoms with Crippen LogP contribution in [0.1, 0.15) is 40.0 Å². The molecule has 0 spiro atoms. The predicted octanol–water partition coefficient (Wildman–Crippen LogP) is 2.55. The van der Waals surface area contributed by atoms with E-state index in [1.54, 1.807) is 14.2 Å². The first kappa shape index (κ1) is 15.9.